The third-order valence-corrected chi connectivity index (χ3v) is 2.51. The molecule has 0 bridgehead atoms. The summed E-state index contributed by atoms with van der Waals surface area (Å²) in [7, 11) is 0. The van der Waals surface area contributed by atoms with Gasteiger partial charge in [-0.05, 0) is 31.6 Å². The summed E-state index contributed by atoms with van der Waals surface area (Å²) in [5.74, 6) is 1.90. The first kappa shape index (κ1) is 8.06. The van der Waals surface area contributed by atoms with Gasteiger partial charge in [0.15, 0.2) is 0 Å². The van der Waals surface area contributed by atoms with Crippen molar-refractivity contribution in [2.45, 2.75) is 45.6 Å². The first-order chi connectivity index (χ1) is 4.68. The third-order valence-electron chi connectivity index (χ3n) is 2.51. The first-order valence-corrected chi connectivity index (χ1v) is 4.44. The predicted octanol–water partition coefficient (Wildman–Crippen LogP) is 2.16. The molecular weight excluding hydrogens is 122 g/mol. The van der Waals surface area contributed by atoms with Crippen molar-refractivity contribution in [2.24, 2.45) is 17.6 Å². The van der Waals surface area contributed by atoms with Crippen LogP contribution in [0, 0.1) is 11.8 Å². The van der Waals surface area contributed by atoms with Crippen molar-refractivity contribution >= 4 is 0 Å². The molecule has 3 unspecified atom stereocenters. The number of rotatable bonds is 2. The summed E-state index contributed by atoms with van der Waals surface area (Å²) in [6.45, 7) is 4.46. The molecule has 1 nitrogen and oxygen atoms in total. The van der Waals surface area contributed by atoms with Gasteiger partial charge >= 0.3 is 0 Å². The maximum absolute atomic E-state index is 5.72. The van der Waals surface area contributed by atoms with Gasteiger partial charge in [0, 0.05) is 6.04 Å². The summed E-state index contributed by atoms with van der Waals surface area (Å²) in [6, 6.07) is 0.412. The lowest BCUT2D eigenvalue weighted by molar-refractivity contribution is 0.443. The average molecular weight is 141 g/mol. The molecule has 1 aliphatic rings. The smallest absolute Gasteiger partial charge is 0.00131 e. The van der Waals surface area contributed by atoms with E-state index in [1.807, 2.05) is 0 Å². The Labute approximate surface area is 64.0 Å². The van der Waals surface area contributed by atoms with Crippen molar-refractivity contribution in [3.8, 4) is 0 Å². The quantitative estimate of drug-likeness (QED) is 0.626. The number of hydrogen-bond donors (Lipinski definition) is 1. The molecule has 60 valence electrons. The summed E-state index contributed by atoms with van der Waals surface area (Å²) in [4.78, 5) is 0. The Bertz CT molecular complexity index is 98.9. The topological polar surface area (TPSA) is 26.0 Å². The molecule has 0 heterocycles. The second-order valence-electron chi connectivity index (χ2n) is 4.00. The molecule has 0 aliphatic heterocycles. The highest BCUT2D eigenvalue weighted by Crippen LogP contribution is 2.32. The fourth-order valence-corrected chi connectivity index (χ4v) is 2.06. The van der Waals surface area contributed by atoms with Crippen molar-refractivity contribution in [2.75, 3.05) is 0 Å². The molecule has 0 spiro atoms. The van der Waals surface area contributed by atoms with Crippen LogP contribution in [0.3, 0.4) is 0 Å². The highest BCUT2D eigenvalue weighted by molar-refractivity contribution is 4.74. The van der Waals surface area contributed by atoms with Gasteiger partial charge in [-0.3, -0.25) is 0 Å². The van der Waals surface area contributed by atoms with Gasteiger partial charge in [-0.15, -0.1) is 0 Å². The van der Waals surface area contributed by atoms with Crippen LogP contribution in [0.15, 0.2) is 0 Å². The van der Waals surface area contributed by atoms with Gasteiger partial charge in [-0.2, -0.15) is 0 Å². The van der Waals surface area contributed by atoms with Crippen LogP contribution in [0.4, 0.5) is 0 Å². The highest BCUT2D eigenvalue weighted by Gasteiger charge is 2.21. The van der Waals surface area contributed by atoms with Crippen LogP contribution < -0.4 is 5.73 Å². The van der Waals surface area contributed by atoms with Crippen LogP contribution in [-0.4, -0.2) is 6.04 Å². The van der Waals surface area contributed by atoms with Crippen molar-refractivity contribution in [1.29, 1.82) is 0 Å². The molecule has 10 heavy (non-hydrogen) atoms. The lowest BCUT2D eigenvalue weighted by Crippen LogP contribution is -2.18. The second kappa shape index (κ2) is 3.38. The number of hydrogen-bond acceptors (Lipinski definition) is 1. The van der Waals surface area contributed by atoms with E-state index in [-0.39, 0.29) is 0 Å². The van der Waals surface area contributed by atoms with E-state index in [0.717, 1.165) is 11.8 Å². The van der Waals surface area contributed by atoms with E-state index in [1.54, 1.807) is 0 Å². The van der Waals surface area contributed by atoms with Gasteiger partial charge in [-0.25, -0.2) is 0 Å². The average Bonchev–Trinajstić information content (AvgIpc) is 2.13. The van der Waals surface area contributed by atoms with E-state index in [1.165, 1.54) is 25.7 Å². The van der Waals surface area contributed by atoms with E-state index in [9.17, 15) is 0 Å². The minimum atomic E-state index is 0.412. The van der Waals surface area contributed by atoms with Gasteiger partial charge in [0.25, 0.3) is 0 Å². The summed E-state index contributed by atoms with van der Waals surface area (Å²) in [5.41, 5.74) is 5.72. The van der Waals surface area contributed by atoms with Gasteiger partial charge < -0.3 is 5.73 Å². The predicted molar refractivity (Wildman–Crippen MR) is 44.8 cm³/mol. The molecule has 1 fully saturated rings. The molecule has 0 amide bonds. The van der Waals surface area contributed by atoms with E-state index < -0.39 is 0 Å². The zero-order chi connectivity index (χ0) is 7.56. The van der Waals surface area contributed by atoms with Crippen LogP contribution in [-0.2, 0) is 0 Å². The first-order valence-electron chi connectivity index (χ1n) is 4.44. The summed E-state index contributed by atoms with van der Waals surface area (Å²) < 4.78 is 0. The summed E-state index contributed by atoms with van der Waals surface area (Å²) in [5, 5.41) is 0. The molecule has 0 aromatic heterocycles. The Morgan fingerprint density at radius 2 is 2.20 bits per heavy atom. The molecule has 1 rings (SSSR count). The molecule has 0 aromatic carbocycles. The zero-order valence-electron chi connectivity index (χ0n) is 7.14. The maximum Gasteiger partial charge on any atom is 0.00131 e. The molecule has 2 N–H and O–H groups in total. The molecule has 3 atom stereocenters. The SMILES string of the molecule is CC(N)CC1CCC(C)C1. The highest BCUT2D eigenvalue weighted by atomic mass is 14.6. The zero-order valence-corrected chi connectivity index (χ0v) is 7.14. The van der Waals surface area contributed by atoms with Gasteiger partial charge in [0.1, 0.15) is 0 Å². The molecule has 1 heteroatoms. The molecule has 0 saturated heterocycles. The van der Waals surface area contributed by atoms with Crippen LogP contribution in [0.2, 0.25) is 0 Å². The molecule has 1 aliphatic carbocycles. The van der Waals surface area contributed by atoms with Crippen LogP contribution in [0.5, 0.6) is 0 Å². The molecule has 0 radical (unpaired) electrons. The van der Waals surface area contributed by atoms with E-state index in [2.05, 4.69) is 13.8 Å². The lowest BCUT2D eigenvalue weighted by Gasteiger charge is -2.11. The van der Waals surface area contributed by atoms with Crippen molar-refractivity contribution in [3.63, 3.8) is 0 Å². The minimum Gasteiger partial charge on any atom is -0.328 e. The molecular formula is C9H19N. The Balaban J connectivity index is 2.18. The van der Waals surface area contributed by atoms with Gasteiger partial charge in [0.2, 0.25) is 0 Å². The van der Waals surface area contributed by atoms with E-state index in [0.29, 0.717) is 6.04 Å². The van der Waals surface area contributed by atoms with E-state index >= 15 is 0 Å². The van der Waals surface area contributed by atoms with Gasteiger partial charge in [-0.1, -0.05) is 19.8 Å². The summed E-state index contributed by atoms with van der Waals surface area (Å²) in [6.07, 6.45) is 5.51. The Morgan fingerprint density at radius 3 is 2.60 bits per heavy atom. The Kier molecular flexibility index (Phi) is 2.72. The van der Waals surface area contributed by atoms with Crippen molar-refractivity contribution in [1.82, 2.24) is 0 Å². The fraction of sp³-hybridized carbons (Fsp3) is 1.00. The normalized spacial score (nSPS) is 36.3. The van der Waals surface area contributed by atoms with Crippen molar-refractivity contribution < 1.29 is 0 Å². The lowest BCUT2D eigenvalue weighted by atomic mass is 9.99. The fourth-order valence-electron chi connectivity index (χ4n) is 2.06. The van der Waals surface area contributed by atoms with Crippen molar-refractivity contribution in [3.05, 3.63) is 0 Å². The van der Waals surface area contributed by atoms with E-state index in [4.69, 9.17) is 5.73 Å². The largest absolute Gasteiger partial charge is 0.328 e. The standard InChI is InChI=1S/C9H19N/c1-7-3-4-9(5-7)6-8(2)10/h7-9H,3-6,10H2,1-2H3. The minimum absolute atomic E-state index is 0.412. The van der Waals surface area contributed by atoms with Crippen LogP contribution >= 0.6 is 0 Å². The van der Waals surface area contributed by atoms with Crippen LogP contribution in [0.1, 0.15) is 39.5 Å². The summed E-state index contributed by atoms with van der Waals surface area (Å²) >= 11 is 0. The second-order valence-corrected chi connectivity index (χ2v) is 4.00. The Hall–Kier alpha value is -0.0400. The van der Waals surface area contributed by atoms with Gasteiger partial charge in [0.05, 0.1) is 0 Å². The number of nitrogens with two attached hydrogens (primary N) is 1. The molecule has 0 aromatic rings. The Morgan fingerprint density at radius 1 is 1.50 bits per heavy atom. The molecule has 1 saturated carbocycles. The monoisotopic (exact) mass is 141 g/mol. The third kappa shape index (κ3) is 2.30. The maximum atomic E-state index is 5.72. The van der Waals surface area contributed by atoms with Crippen LogP contribution in [0.25, 0.3) is 0 Å².